The molecule has 9 heteroatoms. The van der Waals surface area contributed by atoms with Crippen molar-refractivity contribution in [1.29, 1.82) is 0 Å². The van der Waals surface area contributed by atoms with E-state index in [4.69, 9.17) is 18.6 Å². The van der Waals surface area contributed by atoms with Gasteiger partial charge in [0.1, 0.15) is 28.2 Å². The number of furan rings is 1. The van der Waals surface area contributed by atoms with Crippen LogP contribution in [-0.4, -0.2) is 46.8 Å². The third-order valence-corrected chi connectivity index (χ3v) is 6.52. The van der Waals surface area contributed by atoms with Crippen molar-refractivity contribution >= 4 is 17.7 Å². The molecular formula is C25H33N3O5S. The van der Waals surface area contributed by atoms with Crippen molar-refractivity contribution in [1.82, 2.24) is 14.8 Å². The topological polar surface area (TPSA) is 88.6 Å². The zero-order valence-corrected chi connectivity index (χ0v) is 21.7. The number of benzene rings is 1. The molecule has 1 atom stereocenters. The van der Waals surface area contributed by atoms with Crippen LogP contribution in [0.3, 0.4) is 0 Å². The minimum Gasteiger partial charge on any atom is -0.494 e. The van der Waals surface area contributed by atoms with Crippen LogP contribution in [0.2, 0.25) is 0 Å². The van der Waals surface area contributed by atoms with E-state index < -0.39 is 5.25 Å². The number of rotatable bonds is 11. The molecule has 1 aromatic carbocycles. The lowest BCUT2D eigenvalue weighted by molar-refractivity contribution is -0.142. The Morgan fingerprint density at radius 1 is 1.09 bits per heavy atom. The molecule has 8 nitrogen and oxygen atoms in total. The highest BCUT2D eigenvalue weighted by atomic mass is 32.2. The van der Waals surface area contributed by atoms with Crippen LogP contribution in [0.25, 0.3) is 17.3 Å². The van der Waals surface area contributed by atoms with Crippen molar-refractivity contribution in [2.24, 2.45) is 5.92 Å². The first-order chi connectivity index (χ1) is 16.3. The van der Waals surface area contributed by atoms with Crippen LogP contribution in [0.4, 0.5) is 0 Å². The zero-order chi connectivity index (χ0) is 24.8. The van der Waals surface area contributed by atoms with Gasteiger partial charge in [0, 0.05) is 0 Å². The molecule has 0 saturated carbocycles. The van der Waals surface area contributed by atoms with Crippen molar-refractivity contribution in [2.45, 2.75) is 57.9 Å². The quantitative estimate of drug-likeness (QED) is 0.254. The Morgan fingerprint density at radius 2 is 1.85 bits per heavy atom. The lowest BCUT2D eigenvalue weighted by Crippen LogP contribution is -2.21. The molecule has 0 N–H and O–H groups in total. The lowest BCUT2D eigenvalue weighted by atomic mass is 10.1. The minimum absolute atomic E-state index is 0.263. The van der Waals surface area contributed by atoms with Gasteiger partial charge in [-0.25, -0.2) is 0 Å². The molecule has 0 amide bonds. The van der Waals surface area contributed by atoms with E-state index in [-0.39, 0.29) is 5.97 Å². The molecule has 0 aliphatic heterocycles. The maximum Gasteiger partial charge on any atom is 0.319 e. The second-order valence-corrected chi connectivity index (χ2v) is 9.52. The van der Waals surface area contributed by atoms with E-state index in [1.165, 1.54) is 11.8 Å². The number of thioether (sulfide) groups is 1. The summed E-state index contributed by atoms with van der Waals surface area (Å²) in [6.07, 6.45) is 1.54. The third kappa shape index (κ3) is 5.58. The van der Waals surface area contributed by atoms with Gasteiger partial charge in [-0.05, 0) is 63.3 Å². The van der Waals surface area contributed by atoms with Gasteiger partial charge in [0.15, 0.2) is 10.9 Å². The lowest BCUT2D eigenvalue weighted by Gasteiger charge is -2.20. The van der Waals surface area contributed by atoms with Crippen LogP contribution in [0.5, 0.6) is 11.5 Å². The minimum atomic E-state index is -0.432. The van der Waals surface area contributed by atoms with Gasteiger partial charge in [-0.2, -0.15) is 0 Å². The Bertz CT molecular complexity index is 1120. The van der Waals surface area contributed by atoms with Gasteiger partial charge in [0.25, 0.3) is 0 Å². The molecule has 3 rings (SSSR count). The van der Waals surface area contributed by atoms with E-state index in [1.54, 1.807) is 14.2 Å². The predicted octanol–water partition coefficient (Wildman–Crippen LogP) is 5.62. The summed E-state index contributed by atoms with van der Waals surface area (Å²) in [6, 6.07) is 7.52. The number of aryl methyl sites for hydroxylation is 2. The Kier molecular flexibility index (Phi) is 8.66. The summed E-state index contributed by atoms with van der Waals surface area (Å²) in [5.74, 6) is 3.20. The molecule has 2 heterocycles. The number of carbonyl (C=O) groups is 1. The Morgan fingerprint density at radius 3 is 2.44 bits per heavy atom. The largest absolute Gasteiger partial charge is 0.494 e. The van der Waals surface area contributed by atoms with Gasteiger partial charge in [0.2, 0.25) is 5.82 Å². The molecule has 0 bridgehead atoms. The number of aromatic nitrogens is 3. The highest BCUT2D eigenvalue weighted by molar-refractivity contribution is 8.00. The average molecular weight is 488 g/mol. The molecule has 0 radical (unpaired) electrons. The van der Waals surface area contributed by atoms with E-state index in [1.807, 2.05) is 49.6 Å². The Balaban J connectivity index is 2.19. The summed E-state index contributed by atoms with van der Waals surface area (Å²) < 4.78 is 24.6. The molecule has 0 fully saturated rings. The van der Waals surface area contributed by atoms with E-state index in [2.05, 4.69) is 24.0 Å². The number of methoxy groups -OCH3 is 2. The second-order valence-electron chi connectivity index (χ2n) is 8.35. The van der Waals surface area contributed by atoms with E-state index in [9.17, 15) is 4.79 Å². The standard InChI is InChI=1S/C25H33N3O5S/c1-8-32-24(29)20(14-9-15(2)3)34-25-27-26-23(19-13-11-17(5)33-19)28(25)21-18(30-6)12-10-16(4)22(21)31-7/h10-13,15,20H,8-9,14H2,1-7H3. The maximum atomic E-state index is 12.8. The van der Waals surface area contributed by atoms with Crippen molar-refractivity contribution in [3.05, 3.63) is 35.6 Å². The van der Waals surface area contributed by atoms with E-state index in [0.29, 0.717) is 52.9 Å². The first-order valence-corrected chi connectivity index (χ1v) is 12.3. The monoisotopic (exact) mass is 487 g/mol. The number of nitrogens with zero attached hydrogens (tertiary/aromatic N) is 3. The number of hydrogen-bond acceptors (Lipinski definition) is 8. The van der Waals surface area contributed by atoms with E-state index >= 15 is 0 Å². The fourth-order valence-electron chi connectivity index (χ4n) is 3.62. The fraction of sp³-hybridized carbons (Fsp3) is 0.480. The normalized spacial score (nSPS) is 12.1. The summed E-state index contributed by atoms with van der Waals surface area (Å²) in [7, 11) is 3.22. The highest BCUT2D eigenvalue weighted by Gasteiger charge is 2.29. The summed E-state index contributed by atoms with van der Waals surface area (Å²) in [6.45, 7) is 10.2. The molecule has 34 heavy (non-hydrogen) atoms. The zero-order valence-electron chi connectivity index (χ0n) is 20.9. The fourth-order valence-corrected chi connectivity index (χ4v) is 4.67. The molecule has 184 valence electrons. The summed E-state index contributed by atoms with van der Waals surface area (Å²) >= 11 is 1.33. The van der Waals surface area contributed by atoms with Gasteiger partial charge >= 0.3 is 5.97 Å². The summed E-state index contributed by atoms with van der Waals surface area (Å²) in [5, 5.41) is 9.00. The van der Waals surface area contributed by atoms with Crippen LogP contribution in [-0.2, 0) is 9.53 Å². The van der Waals surface area contributed by atoms with Crippen LogP contribution in [0.15, 0.2) is 33.8 Å². The first-order valence-electron chi connectivity index (χ1n) is 11.4. The first kappa shape index (κ1) is 25.7. The molecule has 0 aliphatic rings. The van der Waals surface area contributed by atoms with Crippen molar-refractivity contribution in [3.63, 3.8) is 0 Å². The van der Waals surface area contributed by atoms with E-state index in [0.717, 1.165) is 17.7 Å². The van der Waals surface area contributed by atoms with Gasteiger partial charge in [-0.3, -0.25) is 9.36 Å². The van der Waals surface area contributed by atoms with Gasteiger partial charge < -0.3 is 18.6 Å². The third-order valence-electron chi connectivity index (χ3n) is 5.34. The SMILES string of the molecule is CCOC(=O)C(CCC(C)C)Sc1nnc(-c2ccc(C)o2)n1-c1c(OC)ccc(C)c1OC. The Labute approximate surface area is 205 Å². The molecule has 0 saturated heterocycles. The molecular weight excluding hydrogens is 454 g/mol. The highest BCUT2D eigenvalue weighted by Crippen LogP contribution is 2.41. The molecule has 1 unspecified atom stereocenters. The number of esters is 1. The second kappa shape index (κ2) is 11.5. The van der Waals surface area contributed by atoms with Crippen LogP contribution in [0, 0.1) is 19.8 Å². The molecule has 3 aromatic rings. The molecule has 0 aliphatic carbocycles. The number of carbonyl (C=O) groups excluding carboxylic acids is 1. The van der Waals surface area contributed by atoms with Crippen molar-refractivity contribution < 1.29 is 23.4 Å². The van der Waals surface area contributed by atoms with Gasteiger partial charge in [-0.15, -0.1) is 10.2 Å². The van der Waals surface area contributed by atoms with Gasteiger partial charge in [-0.1, -0.05) is 31.7 Å². The van der Waals surface area contributed by atoms with Crippen molar-refractivity contribution in [2.75, 3.05) is 20.8 Å². The smallest absolute Gasteiger partial charge is 0.319 e. The number of hydrogen-bond donors (Lipinski definition) is 0. The van der Waals surface area contributed by atoms with Crippen LogP contribution >= 0.6 is 11.8 Å². The molecule has 2 aromatic heterocycles. The van der Waals surface area contributed by atoms with Crippen molar-refractivity contribution in [3.8, 4) is 28.8 Å². The summed E-state index contributed by atoms with van der Waals surface area (Å²) in [5.41, 5.74) is 1.57. The average Bonchev–Trinajstić information content (AvgIpc) is 3.42. The molecule has 0 spiro atoms. The number of ether oxygens (including phenoxy) is 3. The van der Waals surface area contributed by atoms with Gasteiger partial charge in [0.05, 0.1) is 20.8 Å². The maximum absolute atomic E-state index is 12.8. The summed E-state index contributed by atoms with van der Waals surface area (Å²) in [4.78, 5) is 12.8. The van der Waals surface area contributed by atoms with Crippen LogP contribution in [0.1, 0.15) is 44.9 Å². The van der Waals surface area contributed by atoms with Crippen LogP contribution < -0.4 is 9.47 Å². The Hall–Kier alpha value is -2.94. The predicted molar refractivity (Wildman–Crippen MR) is 132 cm³/mol.